The third-order valence-corrected chi connectivity index (χ3v) is 2.87. The summed E-state index contributed by atoms with van der Waals surface area (Å²) in [6.07, 6.45) is 1.83. The Labute approximate surface area is 89.0 Å². The van der Waals surface area contributed by atoms with Gasteiger partial charge >= 0.3 is 0 Å². The maximum absolute atomic E-state index is 3.69. The van der Waals surface area contributed by atoms with E-state index in [1.54, 1.807) is 0 Å². The van der Waals surface area contributed by atoms with Crippen molar-refractivity contribution in [2.75, 3.05) is 0 Å². The van der Waals surface area contributed by atoms with Crippen LogP contribution in [-0.4, -0.2) is 8.07 Å². The van der Waals surface area contributed by atoms with E-state index >= 15 is 0 Å². The van der Waals surface area contributed by atoms with Crippen molar-refractivity contribution in [3.63, 3.8) is 0 Å². The molecule has 14 heavy (non-hydrogen) atoms. The van der Waals surface area contributed by atoms with Gasteiger partial charge in [-0.1, -0.05) is 62.6 Å². The summed E-state index contributed by atoms with van der Waals surface area (Å²) < 4.78 is 0. The van der Waals surface area contributed by atoms with Gasteiger partial charge in [-0.15, -0.1) is 12.3 Å². The molecule has 0 saturated heterocycles. The van der Waals surface area contributed by atoms with Gasteiger partial charge in [0.25, 0.3) is 0 Å². The number of benzene rings is 1. The molecule has 0 aliphatic heterocycles. The zero-order valence-corrected chi connectivity index (χ0v) is 10.5. The van der Waals surface area contributed by atoms with Crippen LogP contribution in [0.25, 0.3) is 6.08 Å². The lowest BCUT2D eigenvalue weighted by Crippen LogP contribution is -2.14. The van der Waals surface area contributed by atoms with Crippen LogP contribution >= 0.6 is 0 Å². The topological polar surface area (TPSA) is 0 Å². The molecule has 0 fully saturated rings. The van der Waals surface area contributed by atoms with E-state index in [0.717, 1.165) is 0 Å². The van der Waals surface area contributed by atoms with E-state index in [1.807, 2.05) is 36.4 Å². The molecule has 0 aromatic heterocycles. The lowest BCUT2D eigenvalue weighted by Gasteiger charge is -2.04. The summed E-state index contributed by atoms with van der Waals surface area (Å²) in [6.45, 7) is 14.1. The largest absolute Gasteiger partial charge is 0.107 e. The van der Waals surface area contributed by atoms with Gasteiger partial charge in [-0.25, -0.2) is 0 Å². The van der Waals surface area contributed by atoms with Crippen molar-refractivity contribution < 1.29 is 0 Å². The summed E-state index contributed by atoms with van der Waals surface area (Å²) >= 11 is 0. The Balaban J connectivity index is 0.000000255. The second-order valence-electron chi connectivity index (χ2n) is 4.18. The predicted molar refractivity (Wildman–Crippen MR) is 70.1 cm³/mol. The van der Waals surface area contributed by atoms with Crippen LogP contribution in [0.2, 0.25) is 19.6 Å². The zero-order valence-electron chi connectivity index (χ0n) is 9.46. The average Bonchev–Trinajstić information content (AvgIpc) is 2.19. The van der Waals surface area contributed by atoms with Gasteiger partial charge in [0.15, 0.2) is 0 Å². The van der Waals surface area contributed by atoms with Crippen LogP contribution in [0.15, 0.2) is 49.2 Å². The Bertz CT molecular complexity index is 267. The highest BCUT2D eigenvalue weighted by atomic mass is 28.3. The first-order valence-electron chi connectivity index (χ1n) is 4.80. The van der Waals surface area contributed by atoms with Gasteiger partial charge in [-0.2, -0.15) is 0 Å². The molecule has 0 bridgehead atoms. The van der Waals surface area contributed by atoms with Crippen molar-refractivity contribution in [1.82, 2.24) is 0 Å². The molecule has 0 atom stereocenters. The summed E-state index contributed by atoms with van der Waals surface area (Å²) in [5.41, 5.74) is 3.25. The zero-order chi connectivity index (χ0) is 11.0. The smallest absolute Gasteiger partial charge is 0.0679 e. The van der Waals surface area contributed by atoms with Crippen LogP contribution in [-0.2, 0) is 0 Å². The molecule has 0 amide bonds. The van der Waals surface area contributed by atoms with Gasteiger partial charge in [0.05, 0.1) is 8.07 Å². The van der Waals surface area contributed by atoms with E-state index in [0.29, 0.717) is 0 Å². The first-order valence-corrected chi connectivity index (χ1v) is 8.38. The van der Waals surface area contributed by atoms with Crippen LogP contribution in [0, 0.1) is 0 Å². The number of hydrogen-bond donors (Lipinski definition) is 0. The van der Waals surface area contributed by atoms with Crippen molar-refractivity contribution in [3.05, 3.63) is 54.8 Å². The first kappa shape index (κ1) is 12.9. The van der Waals surface area contributed by atoms with Crippen molar-refractivity contribution in [2.45, 2.75) is 19.6 Å². The van der Waals surface area contributed by atoms with Gasteiger partial charge in [-0.3, -0.25) is 0 Å². The number of rotatable bonds is 2. The molecule has 0 radical (unpaired) electrons. The maximum Gasteiger partial charge on any atom is 0.0679 e. The molecule has 0 heterocycles. The minimum absolute atomic E-state index is 0.867. The van der Waals surface area contributed by atoms with Crippen LogP contribution < -0.4 is 0 Å². The summed E-state index contributed by atoms with van der Waals surface area (Å²) in [5, 5.41) is 0. The van der Waals surface area contributed by atoms with Gasteiger partial charge in [-0.05, 0) is 5.56 Å². The average molecular weight is 204 g/mol. The normalized spacial score (nSPS) is 9.64. The molecule has 0 saturated carbocycles. The fraction of sp³-hybridized carbons (Fsp3) is 0.231. The van der Waals surface area contributed by atoms with Crippen molar-refractivity contribution in [1.29, 1.82) is 0 Å². The lowest BCUT2D eigenvalue weighted by molar-refractivity contribution is 1.67. The second kappa shape index (κ2) is 6.38. The highest BCUT2D eigenvalue weighted by molar-refractivity contribution is 6.80. The third-order valence-electron chi connectivity index (χ3n) is 1.65. The molecule has 0 aliphatic rings. The van der Waals surface area contributed by atoms with E-state index in [1.165, 1.54) is 5.56 Å². The quantitative estimate of drug-likeness (QED) is 0.627. The van der Waals surface area contributed by atoms with E-state index in [-0.39, 0.29) is 0 Å². The summed E-state index contributed by atoms with van der Waals surface area (Å²) in [6, 6.07) is 10.0. The molecular formula is C13H20Si. The Morgan fingerprint density at radius 2 is 1.43 bits per heavy atom. The molecule has 0 aliphatic carbocycles. The van der Waals surface area contributed by atoms with Crippen molar-refractivity contribution in [2.24, 2.45) is 0 Å². The fourth-order valence-electron chi connectivity index (χ4n) is 0.589. The molecule has 0 nitrogen and oxygen atoms in total. The highest BCUT2D eigenvalue weighted by Gasteiger charge is 2.03. The Morgan fingerprint density at radius 3 is 1.64 bits per heavy atom. The molecule has 76 valence electrons. The second-order valence-corrected chi connectivity index (χ2v) is 9.33. The highest BCUT2D eigenvalue weighted by Crippen LogP contribution is 1.98. The molecule has 0 unspecified atom stereocenters. The van der Waals surface area contributed by atoms with Gasteiger partial charge in [0.2, 0.25) is 0 Å². The molecule has 1 rings (SSSR count). The molecular weight excluding hydrogens is 184 g/mol. The molecule has 1 aromatic carbocycles. The standard InChI is InChI=1S/C8H8.C5H12Si/c1-2-8-6-4-3-5-7-8;1-5-6(2,3)4/h2-7H,1H2;5H,1H2,2-4H3. The summed E-state index contributed by atoms with van der Waals surface area (Å²) in [7, 11) is -0.867. The molecule has 1 heteroatoms. The van der Waals surface area contributed by atoms with Crippen LogP contribution in [0.4, 0.5) is 0 Å². The molecule has 0 N–H and O–H groups in total. The SMILES string of the molecule is C=C[Si](C)(C)C.C=Cc1ccccc1. The lowest BCUT2D eigenvalue weighted by atomic mass is 10.2. The van der Waals surface area contributed by atoms with Gasteiger partial charge in [0, 0.05) is 0 Å². The van der Waals surface area contributed by atoms with Crippen LogP contribution in [0.5, 0.6) is 0 Å². The minimum atomic E-state index is -0.867. The third kappa shape index (κ3) is 7.56. The van der Waals surface area contributed by atoms with E-state index in [9.17, 15) is 0 Å². The monoisotopic (exact) mass is 204 g/mol. The number of hydrogen-bond acceptors (Lipinski definition) is 0. The van der Waals surface area contributed by atoms with E-state index in [4.69, 9.17) is 0 Å². The van der Waals surface area contributed by atoms with Crippen LogP contribution in [0.3, 0.4) is 0 Å². The predicted octanol–water partition coefficient (Wildman–Crippen LogP) is 4.38. The Morgan fingerprint density at radius 1 is 1.00 bits per heavy atom. The minimum Gasteiger partial charge on any atom is -0.107 e. The molecule has 1 aromatic rings. The summed E-state index contributed by atoms with van der Waals surface area (Å²) in [5.74, 6) is 0. The fourth-order valence-corrected chi connectivity index (χ4v) is 0.589. The van der Waals surface area contributed by atoms with E-state index in [2.05, 4.69) is 38.5 Å². The Hall–Kier alpha value is -1.08. The molecule has 0 spiro atoms. The van der Waals surface area contributed by atoms with Crippen molar-refractivity contribution >= 4 is 14.1 Å². The van der Waals surface area contributed by atoms with Gasteiger partial charge < -0.3 is 0 Å². The first-order chi connectivity index (χ1) is 6.49. The van der Waals surface area contributed by atoms with Crippen molar-refractivity contribution in [3.8, 4) is 0 Å². The summed E-state index contributed by atoms with van der Waals surface area (Å²) in [4.78, 5) is 0. The van der Waals surface area contributed by atoms with Gasteiger partial charge in [0.1, 0.15) is 0 Å². The van der Waals surface area contributed by atoms with Crippen LogP contribution in [0.1, 0.15) is 5.56 Å². The maximum atomic E-state index is 3.69. The Kier molecular flexibility index (Phi) is 5.89. The van der Waals surface area contributed by atoms with E-state index < -0.39 is 8.07 Å².